The van der Waals surface area contributed by atoms with Crippen LogP contribution in [-0.2, 0) is 14.3 Å². The van der Waals surface area contributed by atoms with Gasteiger partial charge >= 0.3 is 0 Å². The van der Waals surface area contributed by atoms with Gasteiger partial charge < -0.3 is 21.1 Å². The molecule has 1 aliphatic rings. The van der Waals surface area contributed by atoms with Crippen molar-refractivity contribution in [2.45, 2.75) is 38.8 Å². The van der Waals surface area contributed by atoms with E-state index in [1.165, 1.54) is 18.2 Å². The van der Waals surface area contributed by atoms with Crippen LogP contribution < -0.4 is 16.4 Å². The zero-order chi connectivity index (χ0) is 18.0. The lowest BCUT2D eigenvalue weighted by Crippen LogP contribution is -2.76. The van der Waals surface area contributed by atoms with Crippen molar-refractivity contribution in [1.29, 1.82) is 0 Å². The summed E-state index contributed by atoms with van der Waals surface area (Å²) in [5, 5.41) is 5.07. The average Bonchev–Trinajstić information content (AvgIpc) is 2.52. The van der Waals surface area contributed by atoms with Crippen LogP contribution in [0.2, 0.25) is 0 Å². The van der Waals surface area contributed by atoms with Crippen LogP contribution in [0.3, 0.4) is 0 Å². The fourth-order valence-electron chi connectivity index (χ4n) is 2.91. The van der Waals surface area contributed by atoms with E-state index in [-0.39, 0.29) is 12.6 Å². The third kappa shape index (κ3) is 3.42. The zero-order valence-corrected chi connectivity index (χ0v) is 14.2. The van der Waals surface area contributed by atoms with Crippen LogP contribution in [-0.4, -0.2) is 36.6 Å². The second-order valence-corrected chi connectivity index (χ2v) is 6.58. The quantitative estimate of drug-likeness (QED) is 0.732. The topological polar surface area (TPSA) is 93.4 Å². The van der Waals surface area contributed by atoms with Gasteiger partial charge in [0.15, 0.2) is 0 Å². The fraction of sp³-hybridized carbons (Fsp3) is 0.529. The maximum Gasteiger partial charge on any atom is 0.243 e. The van der Waals surface area contributed by atoms with Crippen LogP contribution in [0.1, 0.15) is 27.2 Å². The summed E-state index contributed by atoms with van der Waals surface area (Å²) in [5.41, 5.74) is 4.96. The number of amides is 2. The molecule has 0 saturated heterocycles. The van der Waals surface area contributed by atoms with E-state index in [0.717, 1.165) is 0 Å². The van der Waals surface area contributed by atoms with E-state index in [0.29, 0.717) is 18.7 Å². The number of carbonyl (C=O) groups excluding carboxylic acids is 2. The van der Waals surface area contributed by atoms with E-state index in [2.05, 4.69) is 10.6 Å². The number of ether oxygens (including phenoxy) is 1. The van der Waals surface area contributed by atoms with Crippen molar-refractivity contribution in [1.82, 2.24) is 5.32 Å². The molecule has 24 heavy (non-hydrogen) atoms. The summed E-state index contributed by atoms with van der Waals surface area (Å²) >= 11 is 0. The number of halogens is 1. The minimum Gasteiger partial charge on any atom is -0.378 e. The number of benzene rings is 1. The van der Waals surface area contributed by atoms with Crippen molar-refractivity contribution in [3.63, 3.8) is 0 Å². The molecule has 1 aromatic rings. The van der Waals surface area contributed by atoms with E-state index in [4.69, 9.17) is 10.5 Å². The maximum absolute atomic E-state index is 13.1. The monoisotopic (exact) mass is 337 g/mol. The van der Waals surface area contributed by atoms with Gasteiger partial charge in [-0.15, -0.1) is 0 Å². The van der Waals surface area contributed by atoms with Crippen LogP contribution in [0.5, 0.6) is 0 Å². The molecule has 2 amide bonds. The number of carbonyl (C=O) groups is 2. The van der Waals surface area contributed by atoms with E-state index in [9.17, 15) is 14.0 Å². The molecule has 1 fully saturated rings. The van der Waals surface area contributed by atoms with Crippen LogP contribution in [0, 0.1) is 11.2 Å². The zero-order valence-electron chi connectivity index (χ0n) is 14.2. The van der Waals surface area contributed by atoms with E-state index < -0.39 is 28.6 Å². The largest absolute Gasteiger partial charge is 0.378 e. The molecule has 0 radical (unpaired) electrons. The Labute approximate surface area is 140 Å². The van der Waals surface area contributed by atoms with Gasteiger partial charge in [0.2, 0.25) is 11.8 Å². The molecule has 1 aromatic carbocycles. The molecule has 7 heteroatoms. The molecule has 2 atom stereocenters. The molecule has 4 N–H and O–H groups in total. The second-order valence-electron chi connectivity index (χ2n) is 6.58. The van der Waals surface area contributed by atoms with Gasteiger partial charge in [0, 0.05) is 24.1 Å². The Balaban J connectivity index is 1.88. The van der Waals surface area contributed by atoms with Crippen molar-refractivity contribution in [2.24, 2.45) is 11.1 Å². The molecular weight excluding hydrogens is 313 g/mol. The van der Waals surface area contributed by atoms with Crippen LogP contribution >= 0.6 is 0 Å². The normalized spacial score (nSPS) is 24.8. The summed E-state index contributed by atoms with van der Waals surface area (Å²) in [6, 6.07) is 5.53. The molecule has 0 heterocycles. The minimum atomic E-state index is -1.08. The fourth-order valence-corrected chi connectivity index (χ4v) is 2.91. The highest BCUT2D eigenvalue weighted by Crippen LogP contribution is 2.49. The highest BCUT2D eigenvalue weighted by atomic mass is 19.1. The van der Waals surface area contributed by atoms with E-state index in [1.54, 1.807) is 6.07 Å². The Hall–Kier alpha value is -1.99. The standard InChI is InChI=1S/C17H24FN3O3/c1-4-24-13-9-17(19,16(13,2)3)15(23)20-10-14(22)21-12-7-5-6-11(18)8-12/h5-8,13H,4,9-10,19H2,1-3H3,(H,20,23)(H,21,22). The number of hydrogen-bond acceptors (Lipinski definition) is 4. The average molecular weight is 337 g/mol. The van der Waals surface area contributed by atoms with Gasteiger partial charge in [-0.3, -0.25) is 9.59 Å². The first-order valence-corrected chi connectivity index (χ1v) is 7.95. The van der Waals surface area contributed by atoms with Gasteiger partial charge in [-0.2, -0.15) is 0 Å². The van der Waals surface area contributed by atoms with Gasteiger partial charge in [0.1, 0.15) is 11.4 Å². The molecule has 0 bridgehead atoms. The van der Waals surface area contributed by atoms with Crippen LogP contribution in [0.15, 0.2) is 24.3 Å². The van der Waals surface area contributed by atoms with Crippen molar-refractivity contribution >= 4 is 17.5 Å². The first-order chi connectivity index (χ1) is 11.2. The summed E-state index contributed by atoms with van der Waals surface area (Å²) < 4.78 is 18.7. The Morgan fingerprint density at radius 3 is 2.71 bits per heavy atom. The lowest BCUT2D eigenvalue weighted by atomic mass is 9.54. The molecule has 0 spiro atoms. The number of nitrogens with one attached hydrogen (secondary N) is 2. The van der Waals surface area contributed by atoms with E-state index >= 15 is 0 Å². The van der Waals surface area contributed by atoms with E-state index in [1.807, 2.05) is 20.8 Å². The molecule has 2 unspecified atom stereocenters. The first-order valence-electron chi connectivity index (χ1n) is 7.95. The maximum atomic E-state index is 13.1. The highest BCUT2D eigenvalue weighted by molar-refractivity contribution is 5.96. The second kappa shape index (κ2) is 6.86. The SMILES string of the molecule is CCOC1CC(N)(C(=O)NCC(=O)Nc2cccc(F)c2)C1(C)C. The van der Waals surface area contributed by atoms with Gasteiger partial charge in [-0.05, 0) is 25.1 Å². The number of nitrogens with two attached hydrogens (primary N) is 1. The van der Waals surface area contributed by atoms with Crippen LogP contribution in [0.25, 0.3) is 0 Å². The Morgan fingerprint density at radius 2 is 2.12 bits per heavy atom. The molecule has 0 aromatic heterocycles. The molecular formula is C17H24FN3O3. The molecule has 0 aliphatic heterocycles. The predicted molar refractivity (Wildman–Crippen MR) is 88.8 cm³/mol. The van der Waals surface area contributed by atoms with Gasteiger partial charge in [-0.1, -0.05) is 19.9 Å². The molecule has 1 saturated carbocycles. The summed E-state index contributed by atoms with van der Waals surface area (Å²) in [4.78, 5) is 24.3. The number of rotatable bonds is 6. The lowest BCUT2D eigenvalue weighted by Gasteiger charge is -2.57. The molecule has 1 aliphatic carbocycles. The first kappa shape index (κ1) is 18.4. The summed E-state index contributed by atoms with van der Waals surface area (Å²) in [7, 11) is 0. The Kier molecular flexibility index (Phi) is 5.25. The molecule has 132 valence electrons. The number of anilines is 1. The van der Waals surface area contributed by atoms with Crippen molar-refractivity contribution in [3.8, 4) is 0 Å². The number of hydrogen-bond donors (Lipinski definition) is 3. The smallest absolute Gasteiger partial charge is 0.243 e. The lowest BCUT2D eigenvalue weighted by molar-refractivity contribution is -0.170. The van der Waals surface area contributed by atoms with Crippen molar-refractivity contribution in [3.05, 3.63) is 30.1 Å². The Morgan fingerprint density at radius 1 is 1.42 bits per heavy atom. The summed E-state index contributed by atoms with van der Waals surface area (Å²) in [5.74, 6) is -1.29. The summed E-state index contributed by atoms with van der Waals surface area (Å²) in [6.45, 7) is 5.97. The van der Waals surface area contributed by atoms with Gasteiger partial charge in [0.25, 0.3) is 0 Å². The van der Waals surface area contributed by atoms with Crippen molar-refractivity contribution < 1.29 is 18.7 Å². The molecule has 2 rings (SSSR count). The Bertz CT molecular complexity index is 635. The third-order valence-electron chi connectivity index (χ3n) is 4.75. The third-order valence-corrected chi connectivity index (χ3v) is 4.75. The van der Waals surface area contributed by atoms with Crippen LogP contribution in [0.4, 0.5) is 10.1 Å². The predicted octanol–water partition coefficient (Wildman–Crippen LogP) is 1.41. The minimum absolute atomic E-state index is 0.0839. The van der Waals surface area contributed by atoms with Gasteiger partial charge in [0.05, 0.1) is 12.6 Å². The molecule has 6 nitrogen and oxygen atoms in total. The van der Waals surface area contributed by atoms with Crippen molar-refractivity contribution in [2.75, 3.05) is 18.5 Å². The highest BCUT2D eigenvalue weighted by Gasteiger charge is 2.62. The summed E-state index contributed by atoms with van der Waals surface area (Å²) in [6.07, 6.45) is 0.324. The van der Waals surface area contributed by atoms with Gasteiger partial charge in [-0.25, -0.2) is 4.39 Å².